The van der Waals surface area contributed by atoms with E-state index in [0.717, 1.165) is 13.2 Å². The maximum absolute atomic E-state index is 9.98. The molecule has 1 saturated carbocycles. The molecular weight excluding hydrogens is 282 g/mol. The third-order valence-electron chi connectivity index (χ3n) is 4.73. The number of thioether (sulfide) groups is 1. The lowest BCUT2D eigenvalue weighted by Gasteiger charge is -2.40. The van der Waals surface area contributed by atoms with Gasteiger partial charge in [0.1, 0.15) is 0 Å². The summed E-state index contributed by atoms with van der Waals surface area (Å²) in [5.74, 6) is 0.653. The number of rotatable bonds is 13. The van der Waals surface area contributed by atoms with Gasteiger partial charge in [-0.1, -0.05) is 39.5 Å². The monoisotopic (exact) mass is 317 g/mol. The van der Waals surface area contributed by atoms with E-state index in [1.54, 1.807) is 0 Å². The topological polar surface area (TPSA) is 41.5 Å². The Balaban J connectivity index is 2.03. The van der Waals surface area contributed by atoms with E-state index in [9.17, 15) is 5.11 Å². The summed E-state index contributed by atoms with van der Waals surface area (Å²) in [6, 6.07) is 0. The van der Waals surface area contributed by atoms with Crippen LogP contribution in [0.3, 0.4) is 0 Å². The minimum Gasteiger partial charge on any atom is -0.389 e. The second kappa shape index (κ2) is 10.9. The Morgan fingerprint density at radius 1 is 1.29 bits per heavy atom. The lowest BCUT2D eigenvalue weighted by Crippen LogP contribution is -2.45. The lowest BCUT2D eigenvalue weighted by atomic mass is 9.84. The molecule has 3 nitrogen and oxygen atoms in total. The van der Waals surface area contributed by atoms with Gasteiger partial charge in [-0.15, -0.1) is 0 Å². The molecule has 1 aliphatic carbocycles. The summed E-state index contributed by atoms with van der Waals surface area (Å²) < 4.78 is 6.14. The van der Waals surface area contributed by atoms with Crippen molar-refractivity contribution >= 4 is 11.8 Å². The molecule has 0 aromatic heterocycles. The quantitative estimate of drug-likeness (QED) is 0.546. The molecule has 2 atom stereocenters. The van der Waals surface area contributed by atoms with E-state index >= 15 is 0 Å². The van der Waals surface area contributed by atoms with Crippen LogP contribution in [0, 0.1) is 5.92 Å². The van der Waals surface area contributed by atoms with Crippen molar-refractivity contribution in [2.45, 2.75) is 69.6 Å². The summed E-state index contributed by atoms with van der Waals surface area (Å²) in [5, 5.41) is 13.4. The summed E-state index contributed by atoms with van der Waals surface area (Å²) in [6.07, 6.45) is 10.7. The standard InChI is InChI=1S/C17H35NO2S/c1-4-6-8-15(5-2)12-20-13-16(19)11-18-14-17(21-3)9-7-10-17/h15-16,18-19H,4-14H2,1-3H3. The highest BCUT2D eigenvalue weighted by Crippen LogP contribution is 2.42. The molecule has 2 unspecified atom stereocenters. The maximum Gasteiger partial charge on any atom is 0.0897 e. The molecule has 1 aliphatic rings. The van der Waals surface area contributed by atoms with Gasteiger partial charge in [-0.25, -0.2) is 0 Å². The fraction of sp³-hybridized carbons (Fsp3) is 1.00. The van der Waals surface area contributed by atoms with Crippen LogP contribution in [0.5, 0.6) is 0 Å². The molecule has 2 N–H and O–H groups in total. The van der Waals surface area contributed by atoms with E-state index in [1.807, 2.05) is 11.8 Å². The van der Waals surface area contributed by atoms with Gasteiger partial charge in [0.2, 0.25) is 0 Å². The summed E-state index contributed by atoms with van der Waals surface area (Å²) in [6.45, 7) is 7.37. The van der Waals surface area contributed by atoms with Crippen molar-refractivity contribution in [3.05, 3.63) is 0 Å². The van der Waals surface area contributed by atoms with Crippen molar-refractivity contribution in [2.24, 2.45) is 5.92 Å². The Hall–Kier alpha value is 0.230. The molecule has 1 fully saturated rings. The molecule has 0 aliphatic heterocycles. The van der Waals surface area contributed by atoms with Gasteiger partial charge in [-0.2, -0.15) is 11.8 Å². The highest BCUT2D eigenvalue weighted by molar-refractivity contribution is 8.00. The molecule has 1 rings (SSSR count). The molecule has 0 amide bonds. The van der Waals surface area contributed by atoms with Gasteiger partial charge in [0, 0.05) is 24.4 Å². The number of hydrogen-bond donors (Lipinski definition) is 2. The van der Waals surface area contributed by atoms with Crippen molar-refractivity contribution in [1.29, 1.82) is 0 Å². The zero-order valence-corrected chi connectivity index (χ0v) is 15.0. The number of aliphatic hydroxyl groups excluding tert-OH is 1. The number of ether oxygens (including phenoxy) is 1. The van der Waals surface area contributed by atoms with E-state index in [1.165, 1.54) is 44.9 Å². The molecule has 0 aromatic carbocycles. The predicted molar refractivity (Wildman–Crippen MR) is 93.1 cm³/mol. The maximum atomic E-state index is 9.98. The number of aliphatic hydroxyl groups is 1. The summed E-state index contributed by atoms with van der Waals surface area (Å²) in [7, 11) is 0. The smallest absolute Gasteiger partial charge is 0.0897 e. The summed E-state index contributed by atoms with van der Waals surface area (Å²) in [5.41, 5.74) is 0. The first-order valence-corrected chi connectivity index (χ1v) is 9.90. The largest absolute Gasteiger partial charge is 0.389 e. The van der Waals surface area contributed by atoms with Crippen LogP contribution >= 0.6 is 11.8 Å². The predicted octanol–water partition coefficient (Wildman–Crippen LogP) is 3.46. The van der Waals surface area contributed by atoms with Crippen LogP contribution in [-0.4, -0.2) is 48.5 Å². The third kappa shape index (κ3) is 7.36. The first kappa shape index (κ1) is 19.3. The molecular formula is C17H35NO2S. The Morgan fingerprint density at radius 3 is 2.57 bits per heavy atom. The zero-order valence-electron chi connectivity index (χ0n) is 14.2. The molecule has 21 heavy (non-hydrogen) atoms. The van der Waals surface area contributed by atoms with Crippen LogP contribution in [0.25, 0.3) is 0 Å². The third-order valence-corrected chi connectivity index (χ3v) is 6.15. The molecule has 0 heterocycles. The average molecular weight is 318 g/mol. The second-order valence-corrected chi connectivity index (χ2v) is 7.75. The number of nitrogens with one attached hydrogen (secondary N) is 1. The van der Waals surface area contributed by atoms with E-state index < -0.39 is 0 Å². The van der Waals surface area contributed by atoms with Gasteiger partial charge in [-0.05, 0) is 31.4 Å². The first-order chi connectivity index (χ1) is 10.2. The Morgan fingerprint density at radius 2 is 2.05 bits per heavy atom. The van der Waals surface area contributed by atoms with Gasteiger partial charge in [0.25, 0.3) is 0 Å². The van der Waals surface area contributed by atoms with Crippen LogP contribution in [0.2, 0.25) is 0 Å². The van der Waals surface area contributed by atoms with Gasteiger partial charge in [0.05, 0.1) is 12.7 Å². The van der Waals surface area contributed by atoms with Crippen LogP contribution < -0.4 is 5.32 Å². The molecule has 0 radical (unpaired) electrons. The summed E-state index contributed by atoms with van der Waals surface area (Å²) >= 11 is 1.97. The van der Waals surface area contributed by atoms with Gasteiger partial charge >= 0.3 is 0 Å². The van der Waals surface area contributed by atoms with Gasteiger partial charge in [0.15, 0.2) is 0 Å². The van der Waals surface area contributed by atoms with Crippen molar-refractivity contribution < 1.29 is 9.84 Å². The minimum atomic E-state index is -0.382. The molecule has 0 saturated heterocycles. The Kier molecular flexibility index (Phi) is 9.98. The van der Waals surface area contributed by atoms with Gasteiger partial charge in [-0.3, -0.25) is 0 Å². The highest BCUT2D eigenvalue weighted by Gasteiger charge is 2.35. The fourth-order valence-electron chi connectivity index (χ4n) is 2.82. The lowest BCUT2D eigenvalue weighted by molar-refractivity contribution is 0.0189. The molecule has 0 aromatic rings. The van der Waals surface area contributed by atoms with Crippen molar-refractivity contribution in [3.8, 4) is 0 Å². The minimum absolute atomic E-state index is 0.382. The summed E-state index contributed by atoms with van der Waals surface area (Å²) in [4.78, 5) is 0. The van der Waals surface area contributed by atoms with E-state index in [4.69, 9.17) is 4.74 Å². The highest BCUT2D eigenvalue weighted by atomic mass is 32.2. The van der Waals surface area contributed by atoms with E-state index in [0.29, 0.717) is 23.8 Å². The fourth-order valence-corrected chi connectivity index (χ4v) is 3.76. The van der Waals surface area contributed by atoms with Crippen molar-refractivity contribution in [1.82, 2.24) is 5.32 Å². The van der Waals surface area contributed by atoms with Gasteiger partial charge < -0.3 is 15.2 Å². The molecule has 0 bridgehead atoms. The average Bonchev–Trinajstić information content (AvgIpc) is 2.45. The second-order valence-electron chi connectivity index (χ2n) is 6.48. The van der Waals surface area contributed by atoms with Crippen molar-refractivity contribution in [3.63, 3.8) is 0 Å². The SMILES string of the molecule is CCCCC(CC)COCC(O)CNCC1(SC)CCC1. The van der Waals surface area contributed by atoms with E-state index in [-0.39, 0.29) is 6.10 Å². The molecule has 4 heteroatoms. The normalized spacial score (nSPS) is 20.0. The van der Waals surface area contributed by atoms with Crippen LogP contribution in [-0.2, 0) is 4.74 Å². The number of unbranched alkanes of at least 4 members (excludes halogenated alkanes) is 1. The number of hydrogen-bond acceptors (Lipinski definition) is 4. The van der Waals surface area contributed by atoms with Crippen LogP contribution in [0.1, 0.15) is 58.8 Å². The molecule has 0 spiro atoms. The first-order valence-electron chi connectivity index (χ1n) is 8.67. The Labute approximate surface area is 135 Å². The Bertz CT molecular complexity index is 254. The van der Waals surface area contributed by atoms with E-state index in [2.05, 4.69) is 25.4 Å². The zero-order chi connectivity index (χ0) is 15.6. The van der Waals surface area contributed by atoms with Crippen LogP contribution in [0.4, 0.5) is 0 Å². The van der Waals surface area contributed by atoms with Crippen molar-refractivity contribution in [2.75, 3.05) is 32.6 Å². The molecule has 126 valence electrons. The van der Waals surface area contributed by atoms with Crippen LogP contribution in [0.15, 0.2) is 0 Å².